The normalized spacial score (nSPS) is 13.0. The third-order valence-corrected chi connectivity index (χ3v) is 5.18. The molecule has 2 aromatic carbocycles. The molecule has 154 valence electrons. The molecule has 3 rings (SSSR count). The number of amides is 2. The number of hydrogen-bond donors (Lipinski definition) is 2. The topological polar surface area (TPSA) is 76.7 Å². The van der Waals surface area contributed by atoms with Crippen molar-refractivity contribution in [2.24, 2.45) is 0 Å². The van der Waals surface area contributed by atoms with Crippen molar-refractivity contribution < 1.29 is 19.1 Å². The molecule has 6 heteroatoms. The highest BCUT2D eigenvalue weighted by Crippen LogP contribution is 2.35. The molecule has 0 atom stereocenters. The highest BCUT2D eigenvalue weighted by molar-refractivity contribution is 5.97. The van der Waals surface area contributed by atoms with Crippen LogP contribution in [0.25, 0.3) is 0 Å². The molecule has 1 aliphatic rings. The molecule has 6 nitrogen and oxygen atoms in total. The maximum absolute atomic E-state index is 12.8. The molecule has 0 fully saturated rings. The molecular formula is C23H28N2O4. The summed E-state index contributed by atoms with van der Waals surface area (Å²) in [5.41, 5.74) is 3.90. The number of aryl methyl sites for hydroxylation is 3. The number of rotatable bonds is 5. The van der Waals surface area contributed by atoms with E-state index in [-0.39, 0.29) is 18.4 Å². The van der Waals surface area contributed by atoms with Gasteiger partial charge < -0.3 is 20.1 Å². The van der Waals surface area contributed by atoms with E-state index in [1.54, 1.807) is 0 Å². The van der Waals surface area contributed by atoms with Crippen LogP contribution in [0.4, 0.5) is 5.69 Å². The van der Waals surface area contributed by atoms with Crippen molar-refractivity contribution >= 4 is 17.5 Å². The molecule has 0 spiro atoms. The van der Waals surface area contributed by atoms with E-state index in [4.69, 9.17) is 9.47 Å². The van der Waals surface area contributed by atoms with Crippen molar-refractivity contribution in [3.8, 4) is 11.5 Å². The van der Waals surface area contributed by atoms with Crippen molar-refractivity contribution in [3.05, 3.63) is 52.6 Å². The van der Waals surface area contributed by atoms with E-state index in [1.807, 2.05) is 65.0 Å². The van der Waals surface area contributed by atoms with Gasteiger partial charge in [-0.1, -0.05) is 23.8 Å². The summed E-state index contributed by atoms with van der Waals surface area (Å²) < 4.78 is 11.1. The van der Waals surface area contributed by atoms with Gasteiger partial charge in [0.15, 0.2) is 11.5 Å². The average molecular weight is 396 g/mol. The zero-order valence-corrected chi connectivity index (χ0v) is 17.6. The minimum atomic E-state index is -0.828. The van der Waals surface area contributed by atoms with Crippen LogP contribution < -0.4 is 20.1 Å². The largest absolute Gasteiger partial charge is 0.486 e. The number of carbonyl (C=O) groups excluding carboxylic acids is 2. The molecular weight excluding hydrogens is 368 g/mol. The summed E-state index contributed by atoms with van der Waals surface area (Å²) in [4.78, 5) is 25.2. The molecule has 2 amide bonds. The summed E-state index contributed by atoms with van der Waals surface area (Å²) in [5, 5.41) is 5.65. The fourth-order valence-corrected chi connectivity index (χ4v) is 3.51. The van der Waals surface area contributed by atoms with Crippen molar-refractivity contribution in [2.45, 2.75) is 40.0 Å². The van der Waals surface area contributed by atoms with Crippen LogP contribution in [-0.4, -0.2) is 31.6 Å². The Morgan fingerprint density at radius 2 is 1.59 bits per heavy atom. The number of fused-ring (bicyclic) bond motifs is 1. The molecule has 0 saturated heterocycles. The van der Waals surface area contributed by atoms with Gasteiger partial charge in [-0.3, -0.25) is 9.59 Å². The smallest absolute Gasteiger partial charge is 0.243 e. The van der Waals surface area contributed by atoms with Crippen molar-refractivity contribution in [1.82, 2.24) is 5.32 Å². The first kappa shape index (κ1) is 20.7. The molecule has 0 aromatic heterocycles. The molecule has 29 heavy (non-hydrogen) atoms. The number of anilines is 1. The zero-order valence-electron chi connectivity index (χ0n) is 17.6. The number of nitrogens with one attached hydrogen (secondary N) is 2. The van der Waals surface area contributed by atoms with Gasteiger partial charge in [0.25, 0.3) is 0 Å². The first-order valence-electron chi connectivity index (χ1n) is 9.74. The number of benzene rings is 2. The van der Waals surface area contributed by atoms with Gasteiger partial charge in [0.1, 0.15) is 13.2 Å². The molecule has 1 heterocycles. The van der Waals surface area contributed by atoms with Gasteiger partial charge in [-0.2, -0.15) is 0 Å². The van der Waals surface area contributed by atoms with Gasteiger partial charge >= 0.3 is 0 Å². The van der Waals surface area contributed by atoms with Crippen LogP contribution in [0.3, 0.4) is 0 Å². The van der Waals surface area contributed by atoms with Crippen LogP contribution >= 0.6 is 0 Å². The second-order valence-corrected chi connectivity index (χ2v) is 7.99. The van der Waals surface area contributed by atoms with E-state index in [0.29, 0.717) is 24.7 Å². The Balaban J connectivity index is 1.64. The average Bonchev–Trinajstić information content (AvgIpc) is 2.68. The lowest BCUT2D eigenvalue weighted by Gasteiger charge is -2.26. The lowest BCUT2D eigenvalue weighted by molar-refractivity contribution is -0.127. The minimum Gasteiger partial charge on any atom is -0.486 e. The summed E-state index contributed by atoms with van der Waals surface area (Å²) in [6.07, 6.45) is 0. The monoisotopic (exact) mass is 396 g/mol. The SMILES string of the molecule is Cc1cc(C)c(NC(=O)CNC(=O)C(C)(C)c2ccc3c(c2)OCCO3)c(C)c1. The van der Waals surface area contributed by atoms with Gasteiger partial charge in [0, 0.05) is 5.69 Å². The van der Waals surface area contributed by atoms with Crippen LogP contribution in [0.1, 0.15) is 36.1 Å². The Labute approximate surface area is 171 Å². The summed E-state index contributed by atoms with van der Waals surface area (Å²) in [7, 11) is 0. The predicted octanol–water partition coefficient (Wildman–Crippen LogP) is 3.42. The minimum absolute atomic E-state index is 0.0976. The van der Waals surface area contributed by atoms with E-state index in [9.17, 15) is 9.59 Å². The second kappa shape index (κ2) is 8.15. The van der Waals surface area contributed by atoms with Crippen LogP contribution in [0.5, 0.6) is 11.5 Å². The van der Waals surface area contributed by atoms with Crippen LogP contribution in [0.2, 0.25) is 0 Å². The molecule has 0 radical (unpaired) electrons. The highest BCUT2D eigenvalue weighted by Gasteiger charge is 2.31. The highest BCUT2D eigenvalue weighted by atomic mass is 16.6. The van der Waals surface area contributed by atoms with E-state index in [2.05, 4.69) is 10.6 Å². The van der Waals surface area contributed by atoms with Crippen LogP contribution in [0.15, 0.2) is 30.3 Å². The summed E-state index contributed by atoms with van der Waals surface area (Å²) in [5.74, 6) is 0.824. The van der Waals surface area contributed by atoms with E-state index in [0.717, 1.165) is 27.9 Å². The Hall–Kier alpha value is -3.02. The van der Waals surface area contributed by atoms with Gasteiger partial charge in [0.2, 0.25) is 11.8 Å². The van der Waals surface area contributed by atoms with Crippen LogP contribution in [0, 0.1) is 20.8 Å². The zero-order chi connectivity index (χ0) is 21.2. The third kappa shape index (κ3) is 4.53. The Morgan fingerprint density at radius 3 is 2.24 bits per heavy atom. The Morgan fingerprint density at radius 1 is 0.966 bits per heavy atom. The van der Waals surface area contributed by atoms with Crippen LogP contribution in [-0.2, 0) is 15.0 Å². The summed E-state index contributed by atoms with van der Waals surface area (Å²) >= 11 is 0. The fraction of sp³-hybridized carbons (Fsp3) is 0.391. The maximum atomic E-state index is 12.8. The maximum Gasteiger partial charge on any atom is 0.243 e. The standard InChI is InChI=1S/C23H28N2O4/c1-14-10-15(2)21(16(3)11-14)25-20(26)13-24-22(27)23(4,5)17-6-7-18-19(12-17)29-9-8-28-18/h6-7,10-12H,8-9,13H2,1-5H3,(H,24,27)(H,25,26). The Bertz CT molecular complexity index is 927. The van der Waals surface area contributed by atoms with E-state index < -0.39 is 5.41 Å². The molecule has 0 saturated carbocycles. The second-order valence-electron chi connectivity index (χ2n) is 7.99. The lowest BCUT2D eigenvalue weighted by atomic mass is 9.83. The summed E-state index contributed by atoms with van der Waals surface area (Å²) in [6, 6.07) is 9.53. The quantitative estimate of drug-likeness (QED) is 0.812. The molecule has 2 N–H and O–H groups in total. The van der Waals surface area contributed by atoms with Gasteiger partial charge in [-0.25, -0.2) is 0 Å². The molecule has 0 unspecified atom stereocenters. The number of carbonyl (C=O) groups is 2. The van der Waals surface area contributed by atoms with Gasteiger partial charge in [-0.15, -0.1) is 0 Å². The van der Waals surface area contributed by atoms with E-state index in [1.165, 1.54) is 0 Å². The van der Waals surface area contributed by atoms with Crippen molar-refractivity contribution in [1.29, 1.82) is 0 Å². The lowest BCUT2D eigenvalue weighted by Crippen LogP contribution is -2.43. The number of ether oxygens (including phenoxy) is 2. The Kier molecular flexibility index (Phi) is 5.82. The molecule has 0 aliphatic carbocycles. The summed E-state index contributed by atoms with van der Waals surface area (Å²) in [6.45, 7) is 10.5. The molecule has 0 bridgehead atoms. The van der Waals surface area contributed by atoms with Gasteiger partial charge in [-0.05, 0) is 63.4 Å². The first-order chi connectivity index (χ1) is 13.7. The third-order valence-electron chi connectivity index (χ3n) is 5.18. The van der Waals surface area contributed by atoms with Crippen molar-refractivity contribution in [3.63, 3.8) is 0 Å². The van der Waals surface area contributed by atoms with Crippen molar-refractivity contribution in [2.75, 3.05) is 25.1 Å². The predicted molar refractivity (Wildman–Crippen MR) is 113 cm³/mol. The molecule has 2 aromatic rings. The first-order valence-corrected chi connectivity index (χ1v) is 9.74. The number of hydrogen-bond acceptors (Lipinski definition) is 4. The fourth-order valence-electron chi connectivity index (χ4n) is 3.51. The van der Waals surface area contributed by atoms with Gasteiger partial charge in [0.05, 0.1) is 12.0 Å². The molecule has 1 aliphatic heterocycles. The van der Waals surface area contributed by atoms with E-state index >= 15 is 0 Å².